The summed E-state index contributed by atoms with van der Waals surface area (Å²) in [6, 6.07) is 0.931. The van der Waals surface area contributed by atoms with Gasteiger partial charge in [-0.3, -0.25) is 5.41 Å². The van der Waals surface area contributed by atoms with Crippen LogP contribution in [0.5, 0.6) is 0 Å². The molecular formula is C21H31N7O4S. The predicted octanol–water partition coefficient (Wildman–Crippen LogP) is 0.944. The van der Waals surface area contributed by atoms with Gasteiger partial charge in [-0.1, -0.05) is 12.7 Å². The van der Waals surface area contributed by atoms with Crippen molar-refractivity contribution in [2.75, 3.05) is 24.6 Å². The zero-order valence-corrected chi connectivity index (χ0v) is 19.4. The highest BCUT2D eigenvalue weighted by atomic mass is 32.2. The zero-order chi connectivity index (χ0) is 24.6. The number of urea groups is 1. The molecule has 1 heterocycles. The largest absolute Gasteiger partial charge is 0.396 e. The van der Waals surface area contributed by atoms with E-state index in [2.05, 4.69) is 27.2 Å². The second-order valence-electron chi connectivity index (χ2n) is 7.68. The van der Waals surface area contributed by atoms with E-state index in [0.717, 1.165) is 6.42 Å². The fraction of sp³-hybridized carbons (Fsp3) is 0.429. The van der Waals surface area contributed by atoms with Crippen molar-refractivity contribution in [3.8, 4) is 0 Å². The van der Waals surface area contributed by atoms with E-state index < -0.39 is 20.6 Å². The van der Waals surface area contributed by atoms with Gasteiger partial charge in [0.15, 0.2) is 15.7 Å². The van der Waals surface area contributed by atoms with Crippen molar-refractivity contribution in [1.82, 2.24) is 20.6 Å². The maximum Gasteiger partial charge on any atom is 0.319 e. The maximum atomic E-state index is 13.0. The van der Waals surface area contributed by atoms with Gasteiger partial charge in [0.1, 0.15) is 16.4 Å². The van der Waals surface area contributed by atoms with Crippen LogP contribution < -0.4 is 22.1 Å². The van der Waals surface area contributed by atoms with E-state index in [4.69, 9.17) is 22.0 Å². The third kappa shape index (κ3) is 6.39. The smallest absolute Gasteiger partial charge is 0.319 e. The highest BCUT2D eigenvalue weighted by Gasteiger charge is 2.51. The number of amides is 2. The Morgan fingerprint density at radius 3 is 2.61 bits per heavy atom. The number of carbonyl (C=O) groups excluding carboxylic acids is 1. The normalized spacial score (nSPS) is 15.6. The van der Waals surface area contributed by atoms with Gasteiger partial charge in [-0.2, -0.15) is 0 Å². The van der Waals surface area contributed by atoms with Crippen LogP contribution in [0.4, 0.5) is 10.6 Å². The Labute approximate surface area is 193 Å². The molecule has 0 aliphatic heterocycles. The molecule has 0 saturated heterocycles. The average Bonchev–Trinajstić information content (AvgIpc) is 2.70. The molecule has 8 N–H and O–H groups in total. The number of anilines is 1. The SMILES string of the molecule is C=C(/C=C\C(=C/C)c1nc(N)cc(C2(S(=O)(=O)CCCO)CCC2)n1)NC(=O)NCC(=N)N. The second-order valence-corrected chi connectivity index (χ2v) is 10.1. The monoisotopic (exact) mass is 477 g/mol. The number of nitrogen functional groups attached to an aromatic ring is 1. The molecule has 1 aromatic heterocycles. The van der Waals surface area contributed by atoms with E-state index in [1.165, 1.54) is 12.1 Å². The minimum absolute atomic E-state index is 0.0915. The number of nitrogens with one attached hydrogen (secondary N) is 3. The standard InChI is InChI=1S/C21H31N7O4S/c1-3-15(7-6-14(2)26-20(30)25-13-17(22)23)19-27-16(12-18(24)28-19)21(8-4-9-21)33(31,32)11-5-10-29/h3,6-7,12,29H,2,4-5,8-11,13H2,1H3,(H3,22,23)(H2,24,27,28)(H2,25,26,30)/b7-6-,15-3+. The number of aliphatic hydroxyl groups excluding tert-OH is 1. The third-order valence-electron chi connectivity index (χ3n) is 5.29. The van der Waals surface area contributed by atoms with Crippen LogP contribution in [0.1, 0.15) is 44.1 Å². The van der Waals surface area contributed by atoms with Gasteiger partial charge in [0, 0.05) is 23.9 Å². The van der Waals surface area contributed by atoms with E-state index in [-0.39, 0.29) is 48.5 Å². The zero-order valence-electron chi connectivity index (χ0n) is 18.6. The number of rotatable bonds is 11. The first-order valence-corrected chi connectivity index (χ1v) is 12.1. The minimum atomic E-state index is -3.55. The summed E-state index contributed by atoms with van der Waals surface area (Å²) in [6.45, 7) is 5.21. The van der Waals surface area contributed by atoms with Crippen molar-refractivity contribution in [1.29, 1.82) is 5.41 Å². The molecule has 0 spiro atoms. The number of nitrogens with two attached hydrogens (primary N) is 2. The number of amidine groups is 1. The molecule has 1 aliphatic rings. The number of carbonyl (C=O) groups is 1. The lowest BCUT2D eigenvalue weighted by Gasteiger charge is -2.40. The van der Waals surface area contributed by atoms with Crippen LogP contribution >= 0.6 is 0 Å². The molecule has 2 amide bonds. The number of hydrogen-bond donors (Lipinski definition) is 6. The average molecular weight is 478 g/mol. The molecule has 0 aromatic carbocycles. The Balaban J connectivity index is 2.26. The van der Waals surface area contributed by atoms with Crippen LogP contribution in [-0.4, -0.2) is 54.3 Å². The summed E-state index contributed by atoms with van der Waals surface area (Å²) in [5.41, 5.74) is 12.4. The highest BCUT2D eigenvalue weighted by Crippen LogP contribution is 2.48. The molecule has 0 bridgehead atoms. The Morgan fingerprint density at radius 1 is 1.36 bits per heavy atom. The summed E-state index contributed by atoms with van der Waals surface area (Å²) in [6.07, 6.45) is 6.68. The number of aliphatic hydroxyl groups is 1. The van der Waals surface area contributed by atoms with Crippen LogP contribution in [0, 0.1) is 5.41 Å². The fourth-order valence-corrected chi connectivity index (χ4v) is 5.63. The van der Waals surface area contributed by atoms with Crippen LogP contribution in [0.25, 0.3) is 5.57 Å². The minimum Gasteiger partial charge on any atom is -0.396 e. The van der Waals surface area contributed by atoms with Gasteiger partial charge in [-0.25, -0.2) is 23.2 Å². The van der Waals surface area contributed by atoms with E-state index in [9.17, 15) is 13.2 Å². The first kappa shape index (κ1) is 26.0. The van der Waals surface area contributed by atoms with Gasteiger partial charge >= 0.3 is 6.03 Å². The molecule has 1 fully saturated rings. The summed E-state index contributed by atoms with van der Waals surface area (Å²) in [5, 5.41) is 21.1. The molecule has 0 atom stereocenters. The van der Waals surface area contributed by atoms with Crippen molar-refractivity contribution in [3.63, 3.8) is 0 Å². The topological polar surface area (TPSA) is 197 Å². The van der Waals surface area contributed by atoms with Gasteiger partial charge in [0.2, 0.25) is 0 Å². The van der Waals surface area contributed by atoms with Crippen molar-refractivity contribution < 1.29 is 18.3 Å². The molecular weight excluding hydrogens is 446 g/mol. The highest BCUT2D eigenvalue weighted by molar-refractivity contribution is 7.92. The summed E-state index contributed by atoms with van der Waals surface area (Å²) in [5.74, 6) is 0.0870. The van der Waals surface area contributed by atoms with E-state index in [1.54, 1.807) is 19.1 Å². The Hall–Kier alpha value is -3.25. The maximum absolute atomic E-state index is 13.0. The van der Waals surface area contributed by atoms with Gasteiger partial charge in [0.25, 0.3) is 0 Å². The Kier molecular flexibility index (Phi) is 8.71. The molecule has 180 valence electrons. The summed E-state index contributed by atoms with van der Waals surface area (Å²) >= 11 is 0. The lowest BCUT2D eigenvalue weighted by atomic mass is 9.81. The molecule has 12 heteroatoms. The Morgan fingerprint density at radius 2 is 2.06 bits per heavy atom. The fourth-order valence-electron chi connectivity index (χ4n) is 3.40. The van der Waals surface area contributed by atoms with Crippen LogP contribution in [0.2, 0.25) is 0 Å². The molecule has 1 saturated carbocycles. The Bertz CT molecular complexity index is 1080. The number of nitrogens with zero attached hydrogens (tertiary/aromatic N) is 2. The van der Waals surface area contributed by atoms with Crippen LogP contribution in [0.15, 0.2) is 36.6 Å². The summed E-state index contributed by atoms with van der Waals surface area (Å²) in [7, 11) is -3.55. The van der Waals surface area contributed by atoms with Gasteiger partial charge < -0.3 is 27.2 Å². The van der Waals surface area contributed by atoms with E-state index in [0.29, 0.717) is 24.1 Å². The first-order valence-electron chi connectivity index (χ1n) is 10.4. The molecule has 2 rings (SSSR count). The third-order valence-corrected chi connectivity index (χ3v) is 7.92. The molecule has 33 heavy (non-hydrogen) atoms. The van der Waals surface area contributed by atoms with Crippen molar-refractivity contribution in [3.05, 3.63) is 48.1 Å². The molecule has 11 nitrogen and oxygen atoms in total. The first-order chi connectivity index (χ1) is 15.5. The summed E-state index contributed by atoms with van der Waals surface area (Å²) < 4.78 is 25.0. The molecule has 0 unspecified atom stereocenters. The van der Waals surface area contributed by atoms with E-state index >= 15 is 0 Å². The summed E-state index contributed by atoms with van der Waals surface area (Å²) in [4.78, 5) is 20.5. The lowest BCUT2D eigenvalue weighted by Crippen LogP contribution is -2.44. The predicted molar refractivity (Wildman–Crippen MR) is 128 cm³/mol. The molecule has 1 aromatic rings. The van der Waals surface area contributed by atoms with Gasteiger partial charge in [-0.05, 0) is 44.8 Å². The number of hydrogen-bond acceptors (Lipinski definition) is 8. The van der Waals surface area contributed by atoms with Crippen molar-refractivity contribution >= 4 is 33.1 Å². The number of aromatic nitrogens is 2. The molecule has 0 radical (unpaired) electrons. The lowest BCUT2D eigenvalue weighted by molar-refractivity contribution is 0.245. The van der Waals surface area contributed by atoms with E-state index in [1.807, 2.05) is 0 Å². The van der Waals surface area contributed by atoms with Crippen LogP contribution in [0.3, 0.4) is 0 Å². The van der Waals surface area contributed by atoms with Gasteiger partial charge in [0.05, 0.1) is 18.0 Å². The quantitative estimate of drug-likeness (QED) is 0.154. The second kappa shape index (κ2) is 11.1. The number of allylic oxidation sites excluding steroid dienone is 4. The molecule has 1 aliphatic carbocycles. The van der Waals surface area contributed by atoms with Crippen molar-refractivity contribution in [2.24, 2.45) is 5.73 Å². The van der Waals surface area contributed by atoms with Crippen LogP contribution in [-0.2, 0) is 14.6 Å². The van der Waals surface area contributed by atoms with Gasteiger partial charge in [-0.15, -0.1) is 0 Å². The number of sulfone groups is 1. The van der Waals surface area contributed by atoms with Crippen molar-refractivity contribution in [2.45, 2.75) is 37.4 Å².